The van der Waals surface area contributed by atoms with E-state index in [9.17, 15) is 0 Å². The second-order valence-corrected chi connectivity index (χ2v) is 5.56. The number of nitrogens with one attached hydrogen (secondary N) is 1. The van der Waals surface area contributed by atoms with Crippen molar-refractivity contribution in [3.63, 3.8) is 0 Å². The van der Waals surface area contributed by atoms with Gasteiger partial charge in [0.25, 0.3) is 0 Å². The fourth-order valence-corrected chi connectivity index (χ4v) is 2.60. The minimum atomic E-state index is 0.575. The zero-order valence-corrected chi connectivity index (χ0v) is 13.3. The molecule has 2 aromatic carbocycles. The van der Waals surface area contributed by atoms with Crippen molar-refractivity contribution in [1.29, 1.82) is 0 Å². The van der Waals surface area contributed by atoms with Crippen LogP contribution in [0.4, 0.5) is 5.82 Å². The Morgan fingerprint density at radius 1 is 1.00 bits per heavy atom. The Morgan fingerprint density at radius 2 is 1.83 bits per heavy atom. The van der Waals surface area contributed by atoms with Crippen molar-refractivity contribution in [2.75, 3.05) is 18.6 Å². The summed E-state index contributed by atoms with van der Waals surface area (Å²) in [6, 6.07) is 17.8. The molecular formula is C19H17N3O2. The van der Waals surface area contributed by atoms with Gasteiger partial charge < -0.3 is 9.47 Å². The summed E-state index contributed by atoms with van der Waals surface area (Å²) < 4.78 is 11.2. The molecule has 0 spiro atoms. The van der Waals surface area contributed by atoms with Gasteiger partial charge in [-0.05, 0) is 43.3 Å². The summed E-state index contributed by atoms with van der Waals surface area (Å²) in [5.41, 5.74) is 5.79. The zero-order valence-electron chi connectivity index (χ0n) is 13.3. The quantitative estimate of drug-likeness (QED) is 0.588. The number of benzene rings is 2. The third-order valence-corrected chi connectivity index (χ3v) is 3.90. The van der Waals surface area contributed by atoms with Crippen LogP contribution < -0.4 is 14.9 Å². The summed E-state index contributed by atoms with van der Waals surface area (Å²) in [5, 5.41) is 5.54. The van der Waals surface area contributed by atoms with E-state index in [-0.39, 0.29) is 0 Å². The SMILES string of the molecule is C/C(=N\Nc1ccc2ccccc2n1)c1ccc2c(c1)OCCO2. The average molecular weight is 319 g/mol. The van der Waals surface area contributed by atoms with Gasteiger partial charge >= 0.3 is 0 Å². The van der Waals surface area contributed by atoms with Crippen LogP contribution >= 0.6 is 0 Å². The van der Waals surface area contributed by atoms with Gasteiger partial charge in [0.05, 0.1) is 11.2 Å². The van der Waals surface area contributed by atoms with Gasteiger partial charge in [-0.3, -0.25) is 5.43 Å². The number of hydrogen-bond donors (Lipinski definition) is 1. The smallest absolute Gasteiger partial charge is 0.162 e. The molecular weight excluding hydrogens is 302 g/mol. The van der Waals surface area contributed by atoms with Gasteiger partial charge in [-0.15, -0.1) is 0 Å². The van der Waals surface area contributed by atoms with E-state index in [1.807, 2.05) is 61.5 Å². The molecule has 1 aliphatic rings. The first kappa shape index (κ1) is 14.5. The number of fused-ring (bicyclic) bond motifs is 2. The number of hydrazone groups is 1. The Morgan fingerprint density at radius 3 is 2.75 bits per heavy atom. The van der Waals surface area contributed by atoms with Crippen molar-refractivity contribution < 1.29 is 9.47 Å². The van der Waals surface area contributed by atoms with Gasteiger partial charge in [-0.1, -0.05) is 18.2 Å². The molecule has 5 nitrogen and oxygen atoms in total. The van der Waals surface area contributed by atoms with Gasteiger partial charge in [0.15, 0.2) is 11.5 Å². The normalized spacial score (nSPS) is 13.8. The van der Waals surface area contributed by atoms with Crippen molar-refractivity contribution in [1.82, 2.24) is 4.98 Å². The second kappa shape index (κ2) is 6.20. The van der Waals surface area contributed by atoms with Crippen LogP contribution in [-0.2, 0) is 0 Å². The largest absolute Gasteiger partial charge is 0.486 e. The number of ether oxygens (including phenoxy) is 2. The van der Waals surface area contributed by atoms with Crippen LogP contribution in [0.5, 0.6) is 11.5 Å². The minimum absolute atomic E-state index is 0.575. The highest BCUT2D eigenvalue weighted by Gasteiger charge is 2.12. The lowest BCUT2D eigenvalue weighted by molar-refractivity contribution is 0.171. The third kappa shape index (κ3) is 2.88. The van der Waals surface area contributed by atoms with Crippen LogP contribution in [0.1, 0.15) is 12.5 Å². The van der Waals surface area contributed by atoms with E-state index in [2.05, 4.69) is 15.5 Å². The fourth-order valence-electron chi connectivity index (χ4n) is 2.60. The molecule has 4 rings (SSSR count). The molecule has 0 saturated heterocycles. The van der Waals surface area contributed by atoms with Gasteiger partial charge in [0.2, 0.25) is 0 Å². The molecule has 2 heterocycles. The third-order valence-electron chi connectivity index (χ3n) is 3.90. The maximum atomic E-state index is 5.61. The van der Waals surface area contributed by atoms with E-state index in [0.29, 0.717) is 19.0 Å². The Hall–Kier alpha value is -3.08. The molecule has 0 bridgehead atoms. The van der Waals surface area contributed by atoms with Crippen LogP contribution in [-0.4, -0.2) is 23.9 Å². The van der Waals surface area contributed by atoms with E-state index in [1.165, 1.54) is 0 Å². The fraction of sp³-hybridized carbons (Fsp3) is 0.158. The Balaban J connectivity index is 1.56. The number of rotatable bonds is 3. The summed E-state index contributed by atoms with van der Waals surface area (Å²) in [6.07, 6.45) is 0. The van der Waals surface area contributed by atoms with Crippen molar-refractivity contribution in [3.8, 4) is 11.5 Å². The topological polar surface area (TPSA) is 55.7 Å². The molecule has 0 aliphatic carbocycles. The minimum Gasteiger partial charge on any atom is -0.486 e. The van der Waals surface area contributed by atoms with Crippen molar-refractivity contribution in [2.24, 2.45) is 5.10 Å². The summed E-state index contributed by atoms with van der Waals surface area (Å²) in [4.78, 5) is 4.55. The van der Waals surface area contributed by atoms with Crippen LogP contribution in [0.2, 0.25) is 0 Å². The lowest BCUT2D eigenvalue weighted by Gasteiger charge is -2.18. The van der Waals surface area contributed by atoms with Crippen molar-refractivity contribution in [3.05, 3.63) is 60.2 Å². The molecule has 1 aliphatic heterocycles. The summed E-state index contributed by atoms with van der Waals surface area (Å²) in [5.74, 6) is 2.25. The molecule has 1 aromatic heterocycles. The Bertz CT molecular complexity index is 921. The van der Waals surface area contributed by atoms with Crippen molar-refractivity contribution >= 4 is 22.4 Å². The van der Waals surface area contributed by atoms with E-state index in [1.54, 1.807) is 0 Å². The first-order chi connectivity index (χ1) is 11.8. The standard InChI is InChI=1S/C19H17N3O2/c1-13(15-6-8-17-18(12-15)24-11-10-23-17)21-22-19-9-7-14-4-2-3-5-16(14)20-19/h2-9,12H,10-11H2,1H3,(H,20,22)/b21-13+. The maximum absolute atomic E-state index is 5.61. The second-order valence-electron chi connectivity index (χ2n) is 5.56. The molecule has 0 unspecified atom stereocenters. The van der Waals surface area contributed by atoms with E-state index >= 15 is 0 Å². The van der Waals surface area contributed by atoms with Gasteiger partial charge in [0.1, 0.15) is 19.0 Å². The molecule has 0 atom stereocenters. The molecule has 24 heavy (non-hydrogen) atoms. The first-order valence-corrected chi connectivity index (χ1v) is 7.86. The molecule has 0 saturated carbocycles. The molecule has 120 valence electrons. The first-order valence-electron chi connectivity index (χ1n) is 7.86. The molecule has 5 heteroatoms. The highest BCUT2D eigenvalue weighted by molar-refractivity contribution is 5.99. The Kier molecular flexibility index (Phi) is 3.75. The van der Waals surface area contributed by atoms with Crippen LogP contribution in [0.15, 0.2) is 59.7 Å². The number of nitrogens with zero attached hydrogens (tertiary/aromatic N) is 2. The highest BCUT2D eigenvalue weighted by atomic mass is 16.6. The highest BCUT2D eigenvalue weighted by Crippen LogP contribution is 2.30. The predicted octanol–water partition coefficient (Wildman–Crippen LogP) is 3.84. The van der Waals surface area contributed by atoms with E-state index in [4.69, 9.17) is 9.47 Å². The number of para-hydroxylation sites is 1. The number of hydrogen-bond acceptors (Lipinski definition) is 5. The summed E-state index contributed by atoms with van der Waals surface area (Å²) in [7, 11) is 0. The van der Waals surface area contributed by atoms with Gasteiger partial charge in [-0.2, -0.15) is 5.10 Å². The van der Waals surface area contributed by atoms with Gasteiger partial charge in [0, 0.05) is 10.9 Å². The Labute approximate surface area is 139 Å². The molecule has 0 fully saturated rings. The van der Waals surface area contributed by atoms with Gasteiger partial charge in [-0.25, -0.2) is 4.98 Å². The molecule has 0 radical (unpaired) electrons. The lowest BCUT2D eigenvalue weighted by Crippen LogP contribution is -2.15. The van der Waals surface area contributed by atoms with Crippen LogP contribution in [0, 0.1) is 0 Å². The maximum Gasteiger partial charge on any atom is 0.162 e. The number of pyridine rings is 1. The summed E-state index contributed by atoms with van der Waals surface area (Å²) >= 11 is 0. The van der Waals surface area contributed by atoms with Crippen LogP contribution in [0.25, 0.3) is 10.9 Å². The van der Waals surface area contributed by atoms with Crippen molar-refractivity contribution in [2.45, 2.75) is 6.92 Å². The number of anilines is 1. The molecule has 3 aromatic rings. The van der Waals surface area contributed by atoms with E-state index in [0.717, 1.165) is 33.7 Å². The molecule has 0 amide bonds. The monoisotopic (exact) mass is 319 g/mol. The summed E-state index contributed by atoms with van der Waals surface area (Å²) in [6.45, 7) is 3.11. The molecule has 1 N–H and O–H groups in total. The van der Waals surface area contributed by atoms with E-state index < -0.39 is 0 Å². The lowest BCUT2D eigenvalue weighted by atomic mass is 10.1. The zero-order chi connectivity index (χ0) is 16.4. The number of aromatic nitrogens is 1. The predicted molar refractivity (Wildman–Crippen MR) is 95.0 cm³/mol. The average Bonchev–Trinajstić information content (AvgIpc) is 2.65. The van der Waals surface area contributed by atoms with Crippen LogP contribution in [0.3, 0.4) is 0 Å².